The Balaban J connectivity index is 2.12. The molecule has 2 rings (SSSR count). The van der Waals surface area contributed by atoms with Crippen LogP contribution in [0.15, 0.2) is 29.2 Å². The van der Waals surface area contributed by atoms with Gasteiger partial charge in [-0.15, -0.1) is 10.2 Å². The molecule has 1 N–H and O–H groups in total. The lowest BCUT2D eigenvalue weighted by atomic mass is 10.2. The van der Waals surface area contributed by atoms with Crippen molar-refractivity contribution in [2.24, 2.45) is 0 Å². The zero-order chi connectivity index (χ0) is 14.6. The zero-order valence-corrected chi connectivity index (χ0v) is 13.1. The summed E-state index contributed by atoms with van der Waals surface area (Å²) in [5.41, 5.74) is 0.886. The van der Waals surface area contributed by atoms with Gasteiger partial charge in [0.05, 0.1) is 4.90 Å². The molecule has 0 saturated heterocycles. The summed E-state index contributed by atoms with van der Waals surface area (Å²) in [7, 11) is -3.15. The van der Waals surface area contributed by atoms with E-state index in [9.17, 15) is 8.42 Å². The second kappa shape index (κ2) is 6.43. The number of hydrogen-bond donors (Lipinski definition) is 1. The second-order valence-electron chi connectivity index (χ2n) is 4.47. The van der Waals surface area contributed by atoms with E-state index in [2.05, 4.69) is 22.4 Å². The first kappa shape index (κ1) is 15.1. The third kappa shape index (κ3) is 3.84. The summed E-state index contributed by atoms with van der Waals surface area (Å²) in [6, 6.07) is 6.72. The van der Waals surface area contributed by atoms with E-state index in [-0.39, 0.29) is 0 Å². The number of nitrogens with one attached hydrogen (secondary N) is 1. The molecule has 7 heteroatoms. The smallest absolute Gasteiger partial charge is 0.175 e. The molecule has 0 saturated carbocycles. The summed E-state index contributed by atoms with van der Waals surface area (Å²) in [5.74, 6) is 0. The van der Waals surface area contributed by atoms with Gasteiger partial charge in [0.2, 0.25) is 0 Å². The Hall–Kier alpha value is -1.31. The molecule has 0 atom stereocenters. The van der Waals surface area contributed by atoms with Crippen LogP contribution >= 0.6 is 11.3 Å². The Bertz CT molecular complexity index is 663. The highest BCUT2D eigenvalue weighted by molar-refractivity contribution is 7.90. The highest BCUT2D eigenvalue weighted by atomic mass is 32.2. The molecular weight excluding hydrogens is 294 g/mol. The Kier molecular flexibility index (Phi) is 4.85. The number of benzene rings is 1. The zero-order valence-electron chi connectivity index (χ0n) is 11.5. The fourth-order valence-electron chi connectivity index (χ4n) is 1.66. The molecular formula is C13H17N3O2S2. The normalized spacial score (nSPS) is 11.7. The van der Waals surface area contributed by atoms with Crippen molar-refractivity contribution in [3.8, 4) is 10.6 Å². The topological polar surface area (TPSA) is 72.0 Å². The number of nitrogens with zero attached hydrogens (tertiary/aromatic N) is 2. The van der Waals surface area contributed by atoms with Crippen molar-refractivity contribution in [3.63, 3.8) is 0 Å². The van der Waals surface area contributed by atoms with Gasteiger partial charge in [-0.1, -0.05) is 30.4 Å². The molecule has 0 radical (unpaired) electrons. The Morgan fingerprint density at radius 1 is 1.20 bits per heavy atom. The first-order chi connectivity index (χ1) is 9.50. The summed E-state index contributed by atoms with van der Waals surface area (Å²) in [6.07, 6.45) is 2.28. The van der Waals surface area contributed by atoms with Gasteiger partial charge in [0, 0.05) is 18.4 Å². The molecule has 0 bridgehead atoms. The molecule has 2 aromatic rings. The molecule has 0 aliphatic heterocycles. The van der Waals surface area contributed by atoms with Crippen LogP contribution < -0.4 is 5.32 Å². The first-order valence-corrected chi connectivity index (χ1v) is 9.05. The van der Waals surface area contributed by atoms with Gasteiger partial charge in [-0.25, -0.2) is 8.42 Å². The maximum Gasteiger partial charge on any atom is 0.175 e. The second-order valence-corrected chi connectivity index (χ2v) is 7.55. The molecule has 0 aliphatic rings. The van der Waals surface area contributed by atoms with Crippen LogP contribution in [0.3, 0.4) is 0 Å². The minimum absolute atomic E-state index is 0.315. The van der Waals surface area contributed by atoms with Gasteiger partial charge >= 0.3 is 0 Å². The lowest BCUT2D eigenvalue weighted by molar-refractivity contribution is 0.602. The number of sulfone groups is 1. The minimum Gasteiger partial charge on any atom is -0.310 e. The van der Waals surface area contributed by atoms with E-state index < -0.39 is 9.84 Å². The molecule has 108 valence electrons. The van der Waals surface area contributed by atoms with Gasteiger partial charge in [0.15, 0.2) is 9.84 Å². The Morgan fingerprint density at radius 2 is 1.90 bits per heavy atom. The highest BCUT2D eigenvalue weighted by Gasteiger charge is 2.09. The van der Waals surface area contributed by atoms with Crippen molar-refractivity contribution >= 4 is 21.2 Å². The van der Waals surface area contributed by atoms with Crippen LogP contribution in [0.25, 0.3) is 10.6 Å². The Labute approximate surface area is 123 Å². The quantitative estimate of drug-likeness (QED) is 0.827. The molecule has 1 aromatic heterocycles. The molecule has 5 nitrogen and oxygen atoms in total. The molecule has 0 fully saturated rings. The predicted octanol–water partition coefficient (Wildman–Crippen LogP) is 2.11. The molecule has 20 heavy (non-hydrogen) atoms. The van der Waals surface area contributed by atoms with Gasteiger partial charge in [-0.3, -0.25) is 0 Å². The summed E-state index contributed by atoms with van der Waals surface area (Å²) in [6.45, 7) is 3.78. The molecule has 0 aliphatic carbocycles. The molecule has 0 amide bonds. The predicted molar refractivity (Wildman–Crippen MR) is 80.5 cm³/mol. The van der Waals surface area contributed by atoms with E-state index in [1.807, 2.05) is 0 Å². The lowest BCUT2D eigenvalue weighted by Gasteiger charge is -1.99. The van der Waals surface area contributed by atoms with Crippen molar-refractivity contribution in [2.45, 2.75) is 24.8 Å². The van der Waals surface area contributed by atoms with Crippen LogP contribution in [0.1, 0.15) is 18.4 Å². The average Bonchev–Trinajstić information content (AvgIpc) is 2.87. The van der Waals surface area contributed by atoms with E-state index in [0.717, 1.165) is 28.5 Å². The third-order valence-corrected chi connectivity index (χ3v) is 4.80. The van der Waals surface area contributed by atoms with Crippen molar-refractivity contribution in [2.75, 3.05) is 12.8 Å². The number of rotatable bonds is 6. The summed E-state index contributed by atoms with van der Waals surface area (Å²) in [5, 5.41) is 13.3. The monoisotopic (exact) mass is 311 g/mol. The highest BCUT2D eigenvalue weighted by Crippen LogP contribution is 2.24. The minimum atomic E-state index is -3.15. The summed E-state index contributed by atoms with van der Waals surface area (Å²) >= 11 is 1.52. The molecule has 0 unspecified atom stereocenters. The first-order valence-electron chi connectivity index (χ1n) is 6.34. The van der Waals surface area contributed by atoms with Crippen LogP contribution in [0.2, 0.25) is 0 Å². The van der Waals surface area contributed by atoms with Gasteiger partial charge in [-0.2, -0.15) is 0 Å². The van der Waals surface area contributed by atoms with Crippen LogP contribution in [0, 0.1) is 0 Å². The fourth-order valence-corrected chi connectivity index (χ4v) is 3.10. The van der Waals surface area contributed by atoms with E-state index in [0.29, 0.717) is 11.4 Å². The summed E-state index contributed by atoms with van der Waals surface area (Å²) < 4.78 is 22.8. The van der Waals surface area contributed by atoms with Gasteiger partial charge in [0.1, 0.15) is 10.0 Å². The average molecular weight is 311 g/mol. The molecule has 1 heterocycles. The van der Waals surface area contributed by atoms with E-state index in [1.165, 1.54) is 17.6 Å². The van der Waals surface area contributed by atoms with Crippen molar-refractivity contribution in [3.05, 3.63) is 29.3 Å². The van der Waals surface area contributed by atoms with Crippen molar-refractivity contribution in [1.29, 1.82) is 0 Å². The van der Waals surface area contributed by atoms with Crippen LogP contribution in [0.4, 0.5) is 0 Å². The van der Waals surface area contributed by atoms with Crippen molar-refractivity contribution in [1.82, 2.24) is 15.5 Å². The maximum absolute atomic E-state index is 11.4. The molecule has 0 spiro atoms. The van der Waals surface area contributed by atoms with Crippen LogP contribution in [-0.4, -0.2) is 31.4 Å². The van der Waals surface area contributed by atoms with Gasteiger partial charge < -0.3 is 5.32 Å². The van der Waals surface area contributed by atoms with E-state index >= 15 is 0 Å². The Morgan fingerprint density at radius 3 is 2.50 bits per heavy atom. The SMILES string of the molecule is CCCNCc1nnc(-c2ccc(S(C)(=O)=O)cc2)s1. The standard InChI is InChI=1S/C13H17N3O2S2/c1-3-8-14-9-12-15-16-13(19-12)10-4-6-11(7-5-10)20(2,17)18/h4-7,14H,3,8-9H2,1-2H3. The lowest BCUT2D eigenvalue weighted by Crippen LogP contribution is -2.13. The summed E-state index contributed by atoms with van der Waals surface area (Å²) in [4.78, 5) is 0.315. The van der Waals surface area contributed by atoms with E-state index in [4.69, 9.17) is 0 Å². The molecule has 1 aromatic carbocycles. The van der Waals surface area contributed by atoms with Crippen molar-refractivity contribution < 1.29 is 8.42 Å². The van der Waals surface area contributed by atoms with Gasteiger partial charge in [0.25, 0.3) is 0 Å². The fraction of sp³-hybridized carbons (Fsp3) is 0.385. The third-order valence-electron chi connectivity index (χ3n) is 2.70. The van der Waals surface area contributed by atoms with E-state index in [1.54, 1.807) is 24.3 Å². The van der Waals surface area contributed by atoms with Gasteiger partial charge in [-0.05, 0) is 25.1 Å². The largest absolute Gasteiger partial charge is 0.310 e. The number of hydrogen-bond acceptors (Lipinski definition) is 6. The van der Waals surface area contributed by atoms with Crippen LogP contribution in [0.5, 0.6) is 0 Å². The maximum atomic E-state index is 11.4. The number of aromatic nitrogens is 2. The van der Waals surface area contributed by atoms with Crippen LogP contribution in [-0.2, 0) is 16.4 Å².